The quantitative estimate of drug-likeness (QED) is 0.607. The van der Waals surface area contributed by atoms with Crippen molar-refractivity contribution < 1.29 is 45.8 Å². The van der Waals surface area contributed by atoms with Crippen LogP contribution in [0.1, 0.15) is 37.0 Å². The Morgan fingerprint density at radius 3 is 2.26 bits per heavy atom. The summed E-state index contributed by atoms with van der Waals surface area (Å²) in [4.78, 5) is 21.8. The summed E-state index contributed by atoms with van der Waals surface area (Å²) in [5, 5.41) is 10.6. The Kier molecular flexibility index (Phi) is 7.58. The molecule has 2 saturated heterocycles. The lowest BCUT2D eigenvalue weighted by Crippen LogP contribution is -2.56. The van der Waals surface area contributed by atoms with Crippen molar-refractivity contribution in [3.05, 3.63) is 36.0 Å². The maximum Gasteiger partial charge on any atom is 0.490 e. The van der Waals surface area contributed by atoms with Gasteiger partial charge in [0, 0.05) is 36.5 Å². The van der Waals surface area contributed by atoms with E-state index in [9.17, 15) is 26.4 Å². The molecule has 3 atom stereocenters. The number of nitrogens with zero attached hydrogens (tertiary/aromatic N) is 1. The molecule has 2 aliphatic heterocycles. The van der Waals surface area contributed by atoms with Gasteiger partial charge in [0.2, 0.25) is 10.0 Å². The minimum absolute atomic E-state index is 0.193. The van der Waals surface area contributed by atoms with Crippen LogP contribution < -0.4 is 5.32 Å². The Morgan fingerprint density at radius 1 is 1.18 bits per heavy atom. The van der Waals surface area contributed by atoms with Crippen molar-refractivity contribution in [2.45, 2.75) is 56.3 Å². The van der Waals surface area contributed by atoms with Crippen molar-refractivity contribution >= 4 is 32.9 Å². The van der Waals surface area contributed by atoms with E-state index in [0.29, 0.717) is 37.0 Å². The molecular weight excluding hydrogens is 481 g/mol. The third kappa shape index (κ3) is 5.70. The number of fused-ring (bicyclic) bond motifs is 3. The predicted molar refractivity (Wildman–Crippen MR) is 115 cm³/mol. The molecule has 3 heterocycles. The first-order chi connectivity index (χ1) is 15.8. The maximum absolute atomic E-state index is 12.9. The summed E-state index contributed by atoms with van der Waals surface area (Å²) in [7, 11) is -3.58. The normalized spacial score (nSPS) is 22.7. The monoisotopic (exact) mass is 506 g/mol. The smallest absolute Gasteiger partial charge is 0.475 e. The average molecular weight is 506 g/mol. The molecular formula is C21H25F3N2O7S. The number of carboxylic acids is 1. The summed E-state index contributed by atoms with van der Waals surface area (Å²) >= 11 is 0. The van der Waals surface area contributed by atoms with Crippen LogP contribution in [0, 0.1) is 0 Å². The molecule has 34 heavy (non-hydrogen) atoms. The van der Waals surface area contributed by atoms with Crippen LogP contribution in [0.5, 0.6) is 0 Å². The van der Waals surface area contributed by atoms with E-state index in [1.807, 2.05) is 0 Å². The van der Waals surface area contributed by atoms with E-state index >= 15 is 0 Å². The summed E-state index contributed by atoms with van der Waals surface area (Å²) in [5.41, 5.74) is 0.781. The second-order valence-corrected chi connectivity index (χ2v) is 10.7. The van der Waals surface area contributed by atoms with Gasteiger partial charge in [-0.2, -0.15) is 13.2 Å². The van der Waals surface area contributed by atoms with Crippen LogP contribution in [0.4, 0.5) is 13.2 Å². The van der Waals surface area contributed by atoms with Crippen molar-refractivity contribution in [2.24, 2.45) is 0 Å². The van der Waals surface area contributed by atoms with Gasteiger partial charge in [-0.1, -0.05) is 18.2 Å². The Hall–Kier alpha value is -2.64. The van der Waals surface area contributed by atoms with Gasteiger partial charge in [-0.3, -0.25) is 0 Å². The second kappa shape index (κ2) is 9.92. The van der Waals surface area contributed by atoms with E-state index < -0.39 is 33.4 Å². The van der Waals surface area contributed by atoms with Crippen molar-refractivity contribution in [1.29, 1.82) is 0 Å². The summed E-state index contributed by atoms with van der Waals surface area (Å²) in [5.74, 6) is -3.23. The zero-order valence-electron chi connectivity index (χ0n) is 18.4. The van der Waals surface area contributed by atoms with Crippen LogP contribution in [0.25, 0.3) is 10.9 Å². The van der Waals surface area contributed by atoms with Crippen LogP contribution >= 0.6 is 0 Å². The lowest BCUT2D eigenvalue weighted by atomic mass is 9.94. The van der Waals surface area contributed by atoms with Gasteiger partial charge in [-0.25, -0.2) is 22.0 Å². The lowest BCUT2D eigenvalue weighted by Gasteiger charge is -2.39. The van der Waals surface area contributed by atoms with E-state index in [0.717, 1.165) is 0 Å². The molecule has 1 aromatic carbocycles. The van der Waals surface area contributed by atoms with Gasteiger partial charge < -0.3 is 19.9 Å². The van der Waals surface area contributed by atoms with Crippen molar-refractivity contribution in [3.63, 3.8) is 0 Å². The number of para-hydroxylation sites is 1. The van der Waals surface area contributed by atoms with Gasteiger partial charge in [-0.05, 0) is 19.9 Å². The highest BCUT2D eigenvalue weighted by Gasteiger charge is 2.38. The van der Waals surface area contributed by atoms with Gasteiger partial charge in [0.1, 0.15) is 6.10 Å². The number of morpholine rings is 1. The number of carboxylic acid groups (broad SMARTS) is 1. The number of aromatic nitrogens is 1. The number of rotatable bonds is 4. The number of aliphatic carboxylic acids is 1. The largest absolute Gasteiger partial charge is 0.490 e. The number of nitrogens with one attached hydrogen (secondary N) is 1. The average Bonchev–Trinajstić information content (AvgIpc) is 3.14. The number of piperidine rings is 1. The fraction of sp³-hybridized carbons (Fsp3) is 0.524. The number of carbonyl (C=O) groups is 2. The molecule has 1 aromatic heterocycles. The number of esters is 1. The van der Waals surface area contributed by atoms with E-state index in [4.69, 9.17) is 19.4 Å². The number of hydrogen-bond acceptors (Lipinski definition) is 7. The Bertz CT molecular complexity index is 1150. The van der Waals surface area contributed by atoms with Crippen LogP contribution in [0.3, 0.4) is 0 Å². The van der Waals surface area contributed by atoms with Gasteiger partial charge in [0.05, 0.1) is 29.5 Å². The molecule has 1 unspecified atom stereocenters. The third-order valence-electron chi connectivity index (χ3n) is 5.49. The summed E-state index contributed by atoms with van der Waals surface area (Å²) in [6.45, 7) is 4.49. The van der Waals surface area contributed by atoms with Gasteiger partial charge in [0.25, 0.3) is 0 Å². The Balaban J connectivity index is 0.000000406. The van der Waals surface area contributed by atoms with E-state index in [2.05, 4.69) is 5.32 Å². The lowest BCUT2D eigenvalue weighted by molar-refractivity contribution is -0.192. The van der Waals surface area contributed by atoms with Crippen LogP contribution in [-0.4, -0.2) is 72.3 Å². The molecule has 9 nitrogen and oxygen atoms in total. The molecule has 2 aliphatic rings. The van der Waals surface area contributed by atoms with E-state index in [1.54, 1.807) is 38.1 Å². The highest BCUT2D eigenvalue weighted by molar-refractivity contribution is 7.90. The zero-order chi connectivity index (χ0) is 25.3. The number of ether oxygens (including phenoxy) is 2. The van der Waals surface area contributed by atoms with Crippen LogP contribution in [-0.2, 0) is 24.3 Å². The first-order valence-electron chi connectivity index (χ1n) is 10.5. The SMILES string of the molecule is CC(C)S(=O)(=O)n1cc(C(=O)OC2C[C@H]3COC[C@@H](C2)N3)c2ccccc21.O=C(O)C(F)(F)F. The standard InChI is InChI=1S/C19H24N2O5S.C2HF3O2/c1-12(2)27(23,24)21-9-17(16-5-3-4-6-18(16)21)19(22)26-15-7-13-10-25-11-14(8-15)20-13;3-2(4,5)1(6)7/h3-6,9,12-15,20H,7-8,10-11H2,1-2H3;(H,6,7)/t13-,14+,15?;. The molecule has 4 rings (SSSR count). The summed E-state index contributed by atoms with van der Waals surface area (Å²) < 4.78 is 69.6. The highest BCUT2D eigenvalue weighted by atomic mass is 32.2. The second-order valence-electron chi connectivity index (χ2n) is 8.35. The number of alkyl halides is 3. The first-order valence-corrected chi connectivity index (χ1v) is 12.0. The Labute approximate surface area is 193 Å². The van der Waals surface area contributed by atoms with Gasteiger partial charge >= 0.3 is 18.1 Å². The summed E-state index contributed by atoms with van der Waals surface area (Å²) in [6, 6.07) is 7.40. The Morgan fingerprint density at radius 2 is 1.74 bits per heavy atom. The molecule has 2 fully saturated rings. The molecule has 2 N–H and O–H groups in total. The molecule has 0 radical (unpaired) electrons. The molecule has 0 aliphatic carbocycles. The molecule has 13 heteroatoms. The molecule has 2 bridgehead atoms. The maximum atomic E-state index is 12.9. The number of hydrogen-bond donors (Lipinski definition) is 2. The minimum atomic E-state index is -5.08. The minimum Gasteiger partial charge on any atom is -0.475 e. The molecule has 0 amide bonds. The van der Waals surface area contributed by atoms with Crippen molar-refractivity contribution in [1.82, 2.24) is 9.29 Å². The number of halogens is 3. The molecule has 0 spiro atoms. The summed E-state index contributed by atoms with van der Waals surface area (Å²) in [6.07, 6.45) is -2.48. The van der Waals surface area contributed by atoms with Gasteiger partial charge in [0.15, 0.2) is 0 Å². The topological polar surface area (TPSA) is 124 Å². The number of benzene rings is 1. The van der Waals surface area contributed by atoms with Crippen LogP contribution in [0.15, 0.2) is 30.5 Å². The van der Waals surface area contributed by atoms with Gasteiger partial charge in [-0.15, -0.1) is 0 Å². The number of carbonyl (C=O) groups excluding carboxylic acids is 1. The zero-order valence-corrected chi connectivity index (χ0v) is 19.2. The molecule has 2 aromatic rings. The van der Waals surface area contributed by atoms with E-state index in [1.165, 1.54) is 10.2 Å². The van der Waals surface area contributed by atoms with Crippen LogP contribution in [0.2, 0.25) is 0 Å². The molecule has 0 saturated carbocycles. The first kappa shape index (κ1) is 26.0. The van der Waals surface area contributed by atoms with E-state index in [-0.39, 0.29) is 23.8 Å². The third-order valence-corrected chi connectivity index (χ3v) is 7.53. The van der Waals surface area contributed by atoms with Crippen molar-refractivity contribution in [2.75, 3.05) is 13.2 Å². The fourth-order valence-corrected chi connectivity index (χ4v) is 4.99. The predicted octanol–water partition coefficient (Wildman–Crippen LogP) is 2.54. The fourth-order valence-electron chi connectivity index (χ4n) is 3.85. The highest BCUT2D eigenvalue weighted by Crippen LogP contribution is 2.27. The molecule has 188 valence electrons. The van der Waals surface area contributed by atoms with Crippen molar-refractivity contribution in [3.8, 4) is 0 Å².